The number of carbonyl (C=O) groups is 1. The highest BCUT2D eigenvalue weighted by atomic mass is 16.6. The summed E-state index contributed by atoms with van der Waals surface area (Å²) in [6.07, 6.45) is 0.438. The summed E-state index contributed by atoms with van der Waals surface area (Å²) in [6, 6.07) is 7.80. The van der Waals surface area contributed by atoms with E-state index in [9.17, 15) is 4.79 Å². The van der Waals surface area contributed by atoms with Gasteiger partial charge in [0.15, 0.2) is 0 Å². The van der Waals surface area contributed by atoms with E-state index < -0.39 is 5.60 Å². The van der Waals surface area contributed by atoms with Gasteiger partial charge in [-0.05, 0) is 58.7 Å². The maximum Gasteiger partial charge on any atom is 0.414 e. The highest BCUT2D eigenvalue weighted by Gasteiger charge is 2.20. The number of amides is 1. The Morgan fingerprint density at radius 1 is 1.15 bits per heavy atom. The van der Waals surface area contributed by atoms with Crippen molar-refractivity contribution in [1.29, 1.82) is 0 Å². The molecule has 0 aliphatic rings. The van der Waals surface area contributed by atoms with Crippen LogP contribution in [0.2, 0.25) is 0 Å². The molecule has 0 bridgehead atoms. The van der Waals surface area contributed by atoms with Crippen LogP contribution in [0.4, 0.5) is 10.5 Å². The average molecular weight is 278 g/mol. The number of hydrogen-bond acceptors (Lipinski definition) is 3. The van der Waals surface area contributed by atoms with E-state index in [1.54, 1.807) is 7.05 Å². The molecule has 1 aromatic carbocycles. The van der Waals surface area contributed by atoms with Gasteiger partial charge in [0.25, 0.3) is 0 Å². The molecular formula is C16H26N2O2. The van der Waals surface area contributed by atoms with Crippen LogP contribution >= 0.6 is 0 Å². The van der Waals surface area contributed by atoms with Gasteiger partial charge >= 0.3 is 6.09 Å². The molecule has 1 amide bonds. The molecule has 2 N–H and O–H groups in total. The minimum absolute atomic E-state index is 0.238. The SMILES string of the molecule is CN(C(=O)OC(C)(C)C)c1ccc(CC(C)(C)N)cc1. The highest BCUT2D eigenvalue weighted by molar-refractivity contribution is 5.87. The largest absolute Gasteiger partial charge is 0.443 e. The van der Waals surface area contributed by atoms with Crippen LogP contribution in [0.15, 0.2) is 24.3 Å². The maximum atomic E-state index is 12.0. The van der Waals surface area contributed by atoms with Crippen LogP contribution in [0.25, 0.3) is 0 Å². The summed E-state index contributed by atoms with van der Waals surface area (Å²) in [5.74, 6) is 0. The van der Waals surface area contributed by atoms with Crippen molar-refractivity contribution in [1.82, 2.24) is 0 Å². The van der Waals surface area contributed by atoms with Crippen LogP contribution in [0.5, 0.6) is 0 Å². The summed E-state index contributed by atoms with van der Waals surface area (Å²) in [7, 11) is 1.70. The lowest BCUT2D eigenvalue weighted by Gasteiger charge is -2.25. The average Bonchev–Trinajstić information content (AvgIpc) is 2.24. The van der Waals surface area contributed by atoms with Crippen LogP contribution in [0.3, 0.4) is 0 Å². The number of benzene rings is 1. The zero-order chi connectivity index (χ0) is 15.6. The lowest BCUT2D eigenvalue weighted by Crippen LogP contribution is -2.35. The van der Waals surface area contributed by atoms with E-state index in [2.05, 4.69) is 0 Å². The summed E-state index contributed by atoms with van der Waals surface area (Å²) >= 11 is 0. The molecule has 0 fully saturated rings. The molecule has 4 heteroatoms. The fourth-order valence-corrected chi connectivity index (χ4v) is 1.80. The van der Waals surface area contributed by atoms with Gasteiger partial charge in [0, 0.05) is 18.3 Å². The summed E-state index contributed by atoms with van der Waals surface area (Å²) in [4.78, 5) is 13.5. The van der Waals surface area contributed by atoms with Crippen molar-refractivity contribution in [2.24, 2.45) is 5.73 Å². The Kier molecular flexibility index (Phi) is 4.81. The van der Waals surface area contributed by atoms with Gasteiger partial charge in [-0.3, -0.25) is 4.90 Å². The molecule has 0 atom stereocenters. The molecule has 0 heterocycles. The van der Waals surface area contributed by atoms with E-state index >= 15 is 0 Å². The van der Waals surface area contributed by atoms with Crippen LogP contribution in [0.1, 0.15) is 40.2 Å². The second-order valence-corrected chi connectivity index (χ2v) is 6.87. The van der Waals surface area contributed by atoms with Crippen LogP contribution < -0.4 is 10.6 Å². The molecule has 20 heavy (non-hydrogen) atoms. The Balaban J connectivity index is 2.75. The number of nitrogens with two attached hydrogens (primary N) is 1. The second-order valence-electron chi connectivity index (χ2n) is 6.87. The first kappa shape index (κ1) is 16.5. The molecule has 0 saturated carbocycles. The molecule has 0 aliphatic heterocycles. The van der Waals surface area contributed by atoms with Gasteiger partial charge in [-0.25, -0.2) is 4.79 Å². The van der Waals surface area contributed by atoms with Crippen molar-refractivity contribution in [3.63, 3.8) is 0 Å². The topological polar surface area (TPSA) is 55.6 Å². The van der Waals surface area contributed by atoms with Crippen LogP contribution in [-0.4, -0.2) is 24.3 Å². The first-order chi connectivity index (χ1) is 8.98. The molecule has 0 unspecified atom stereocenters. The Hall–Kier alpha value is -1.55. The van der Waals surface area contributed by atoms with Crippen molar-refractivity contribution in [3.8, 4) is 0 Å². The van der Waals surface area contributed by atoms with E-state index in [1.807, 2.05) is 58.9 Å². The zero-order valence-corrected chi connectivity index (χ0v) is 13.4. The minimum atomic E-state index is -0.491. The van der Waals surface area contributed by atoms with Gasteiger partial charge in [0.05, 0.1) is 0 Å². The number of nitrogens with zero attached hydrogens (tertiary/aromatic N) is 1. The molecule has 0 saturated heterocycles. The molecule has 0 aliphatic carbocycles. The Bertz CT molecular complexity index is 453. The lowest BCUT2D eigenvalue weighted by atomic mass is 9.96. The number of ether oxygens (including phenoxy) is 1. The van der Waals surface area contributed by atoms with Gasteiger partial charge in [0.2, 0.25) is 0 Å². The Morgan fingerprint density at radius 3 is 2.05 bits per heavy atom. The summed E-state index contributed by atoms with van der Waals surface area (Å²) in [6.45, 7) is 9.54. The fourth-order valence-electron chi connectivity index (χ4n) is 1.80. The zero-order valence-electron chi connectivity index (χ0n) is 13.4. The first-order valence-electron chi connectivity index (χ1n) is 6.82. The van der Waals surface area contributed by atoms with Crippen molar-refractivity contribution < 1.29 is 9.53 Å². The van der Waals surface area contributed by atoms with Gasteiger partial charge in [-0.15, -0.1) is 0 Å². The predicted octanol–water partition coefficient (Wildman–Crippen LogP) is 3.34. The summed E-state index contributed by atoms with van der Waals surface area (Å²) in [5.41, 5.74) is 7.22. The van der Waals surface area contributed by atoms with Crippen molar-refractivity contribution in [2.75, 3.05) is 11.9 Å². The van der Waals surface area contributed by atoms with Gasteiger partial charge in [-0.2, -0.15) is 0 Å². The lowest BCUT2D eigenvalue weighted by molar-refractivity contribution is 0.0589. The van der Waals surface area contributed by atoms with Gasteiger partial charge in [0.1, 0.15) is 5.60 Å². The van der Waals surface area contributed by atoms with E-state index in [0.717, 1.165) is 17.7 Å². The number of rotatable bonds is 3. The third-order valence-corrected chi connectivity index (χ3v) is 2.65. The number of carbonyl (C=O) groups excluding carboxylic acids is 1. The molecule has 112 valence electrons. The molecule has 4 nitrogen and oxygen atoms in total. The molecular weight excluding hydrogens is 252 g/mol. The van der Waals surface area contributed by atoms with E-state index in [-0.39, 0.29) is 11.6 Å². The monoisotopic (exact) mass is 278 g/mol. The van der Waals surface area contributed by atoms with E-state index in [1.165, 1.54) is 4.90 Å². The van der Waals surface area contributed by atoms with Gasteiger partial charge < -0.3 is 10.5 Å². The van der Waals surface area contributed by atoms with Crippen molar-refractivity contribution in [2.45, 2.75) is 52.2 Å². The number of anilines is 1. The predicted molar refractivity (Wildman–Crippen MR) is 83.0 cm³/mol. The molecule has 0 aromatic heterocycles. The maximum absolute atomic E-state index is 12.0. The quantitative estimate of drug-likeness (QED) is 0.922. The summed E-state index contributed by atoms with van der Waals surface area (Å²) < 4.78 is 5.33. The van der Waals surface area contributed by atoms with Gasteiger partial charge in [-0.1, -0.05) is 12.1 Å². The Morgan fingerprint density at radius 2 is 1.65 bits per heavy atom. The van der Waals surface area contributed by atoms with E-state index in [4.69, 9.17) is 10.5 Å². The third-order valence-electron chi connectivity index (χ3n) is 2.65. The normalized spacial score (nSPS) is 12.2. The van der Waals surface area contributed by atoms with Crippen LogP contribution in [0, 0.1) is 0 Å². The number of hydrogen-bond donors (Lipinski definition) is 1. The minimum Gasteiger partial charge on any atom is -0.443 e. The fraction of sp³-hybridized carbons (Fsp3) is 0.562. The summed E-state index contributed by atoms with van der Waals surface area (Å²) in [5, 5.41) is 0. The van der Waals surface area contributed by atoms with Crippen molar-refractivity contribution in [3.05, 3.63) is 29.8 Å². The molecule has 0 spiro atoms. The van der Waals surface area contributed by atoms with E-state index in [0.29, 0.717) is 0 Å². The Labute approximate surface area is 121 Å². The standard InChI is InChI=1S/C16H26N2O2/c1-15(2,3)20-14(19)18(6)13-9-7-12(8-10-13)11-16(4,5)17/h7-10H,11,17H2,1-6H3. The smallest absolute Gasteiger partial charge is 0.414 e. The molecule has 1 rings (SSSR count). The van der Waals surface area contributed by atoms with Crippen LogP contribution in [-0.2, 0) is 11.2 Å². The highest BCUT2D eigenvalue weighted by Crippen LogP contribution is 2.19. The first-order valence-corrected chi connectivity index (χ1v) is 6.82. The third kappa shape index (κ3) is 5.61. The molecule has 1 aromatic rings. The second kappa shape index (κ2) is 5.83. The molecule has 0 radical (unpaired) electrons. The van der Waals surface area contributed by atoms with Crippen molar-refractivity contribution >= 4 is 11.8 Å².